The number of esters is 1. The van der Waals surface area contributed by atoms with Crippen LogP contribution in [0.3, 0.4) is 0 Å². The summed E-state index contributed by atoms with van der Waals surface area (Å²) in [4.78, 5) is 12.8. The van der Waals surface area contributed by atoms with Crippen molar-refractivity contribution < 1.29 is 40.0 Å². The average Bonchev–Trinajstić information content (AvgIpc) is 3.05. The summed E-state index contributed by atoms with van der Waals surface area (Å²) in [5.41, 5.74) is -6.12. The van der Waals surface area contributed by atoms with Crippen LogP contribution in [0.2, 0.25) is 0 Å². The van der Waals surface area contributed by atoms with Crippen LogP contribution in [0, 0.1) is 5.92 Å². The van der Waals surface area contributed by atoms with Crippen LogP contribution in [0.25, 0.3) is 11.5 Å². The molecule has 2 bridgehead atoms. The fraction of sp³-hybridized carbons (Fsp3) is 0.208. The fourth-order valence-electron chi connectivity index (χ4n) is 3.83. The summed E-state index contributed by atoms with van der Waals surface area (Å²) < 4.78 is 79.2. The standard InChI is InChI=1S/C24H19F3O6S/c1-23(16-8-4-3-5-9-16)13-12-15-14-19(32-23)17-10-6-7-11-18(17)21(20(15)22(28)31-2)33-34(29,30)24(25,26)27/h3-15H,1-2H3. The van der Waals surface area contributed by atoms with Crippen LogP contribution in [0.15, 0.2) is 78.4 Å². The van der Waals surface area contributed by atoms with Crippen LogP contribution in [0.4, 0.5) is 13.2 Å². The number of hydrogen-bond acceptors (Lipinski definition) is 6. The third-order valence-electron chi connectivity index (χ3n) is 5.52. The van der Waals surface area contributed by atoms with E-state index in [2.05, 4.69) is 4.18 Å². The topological polar surface area (TPSA) is 78.9 Å². The van der Waals surface area contributed by atoms with Crippen LogP contribution in [-0.2, 0) is 34.2 Å². The maximum atomic E-state index is 13.2. The van der Waals surface area contributed by atoms with Crippen molar-refractivity contribution in [1.82, 2.24) is 0 Å². The molecule has 6 nitrogen and oxygen atoms in total. The summed E-state index contributed by atoms with van der Waals surface area (Å²) in [6, 6.07) is 15.2. The molecule has 2 unspecified atom stereocenters. The number of rotatable bonds is 4. The van der Waals surface area contributed by atoms with Crippen LogP contribution in [0.1, 0.15) is 23.6 Å². The predicted octanol–water partition coefficient (Wildman–Crippen LogP) is 4.91. The number of benzene rings is 2. The van der Waals surface area contributed by atoms with E-state index in [4.69, 9.17) is 9.47 Å². The first kappa shape index (κ1) is 23.6. The van der Waals surface area contributed by atoms with Gasteiger partial charge < -0.3 is 13.7 Å². The molecule has 0 radical (unpaired) electrons. The van der Waals surface area contributed by atoms with E-state index in [1.165, 1.54) is 18.2 Å². The fourth-order valence-corrected chi connectivity index (χ4v) is 4.32. The Hall–Kier alpha value is -3.53. The average molecular weight is 492 g/mol. The van der Waals surface area contributed by atoms with E-state index < -0.39 is 44.4 Å². The van der Waals surface area contributed by atoms with Crippen molar-refractivity contribution in [2.24, 2.45) is 5.92 Å². The van der Waals surface area contributed by atoms with Gasteiger partial charge in [0.2, 0.25) is 0 Å². The Morgan fingerprint density at radius 3 is 2.26 bits per heavy atom. The predicted molar refractivity (Wildman–Crippen MR) is 117 cm³/mol. The summed E-state index contributed by atoms with van der Waals surface area (Å²) in [6.07, 6.45) is 4.72. The second-order valence-corrected chi connectivity index (χ2v) is 9.29. The summed E-state index contributed by atoms with van der Waals surface area (Å²) >= 11 is 0. The Morgan fingerprint density at radius 2 is 1.65 bits per heavy atom. The molecule has 0 spiro atoms. The molecule has 1 heterocycles. The zero-order valence-corrected chi connectivity index (χ0v) is 18.8. The molecule has 2 aromatic rings. The molecule has 34 heavy (non-hydrogen) atoms. The first-order valence-corrected chi connectivity index (χ1v) is 11.5. The van der Waals surface area contributed by atoms with Crippen molar-refractivity contribution in [3.8, 4) is 0 Å². The summed E-state index contributed by atoms with van der Waals surface area (Å²) in [7, 11) is -5.05. The van der Waals surface area contributed by atoms with Gasteiger partial charge in [-0.25, -0.2) is 4.79 Å². The zero-order chi connectivity index (χ0) is 24.7. The van der Waals surface area contributed by atoms with Gasteiger partial charge >= 0.3 is 21.6 Å². The van der Waals surface area contributed by atoms with Crippen molar-refractivity contribution in [1.29, 1.82) is 0 Å². The summed E-state index contributed by atoms with van der Waals surface area (Å²) in [6.45, 7) is 1.80. The van der Waals surface area contributed by atoms with E-state index in [0.717, 1.165) is 12.7 Å². The molecule has 0 fully saturated rings. The van der Waals surface area contributed by atoms with E-state index in [1.54, 1.807) is 31.2 Å². The molecule has 10 heteroatoms. The molecule has 2 atom stereocenters. The Bertz CT molecular complexity index is 1330. The molecular formula is C24H19F3O6S. The van der Waals surface area contributed by atoms with E-state index in [9.17, 15) is 26.4 Å². The Balaban J connectivity index is 1.98. The number of carbonyl (C=O) groups is 1. The van der Waals surface area contributed by atoms with E-state index >= 15 is 0 Å². The molecule has 1 aliphatic heterocycles. The number of carbonyl (C=O) groups excluding carboxylic acids is 1. The van der Waals surface area contributed by atoms with E-state index in [-0.39, 0.29) is 16.9 Å². The number of fused-ring (bicyclic) bond motifs is 3. The zero-order valence-electron chi connectivity index (χ0n) is 18.0. The number of methoxy groups -OCH3 is 1. The molecule has 0 saturated carbocycles. The van der Waals surface area contributed by atoms with E-state index in [0.29, 0.717) is 0 Å². The van der Waals surface area contributed by atoms with Crippen LogP contribution in [0.5, 0.6) is 0 Å². The van der Waals surface area contributed by atoms with Gasteiger partial charge in [-0.15, -0.1) is 0 Å². The Kier molecular flexibility index (Phi) is 5.80. The van der Waals surface area contributed by atoms with Gasteiger partial charge in [-0.05, 0) is 24.6 Å². The molecule has 0 N–H and O–H groups in total. The minimum atomic E-state index is -6.09. The molecule has 0 saturated heterocycles. The van der Waals surface area contributed by atoms with Crippen LogP contribution >= 0.6 is 0 Å². The maximum Gasteiger partial charge on any atom is 0.534 e. The lowest BCUT2D eigenvalue weighted by Crippen LogP contribution is -2.27. The quantitative estimate of drug-likeness (QED) is 0.261. The highest BCUT2D eigenvalue weighted by atomic mass is 32.2. The molecule has 178 valence electrons. The molecule has 2 aliphatic rings. The van der Waals surface area contributed by atoms with E-state index in [1.807, 2.05) is 30.3 Å². The normalized spacial score (nSPS) is 22.0. The monoisotopic (exact) mass is 492 g/mol. The lowest BCUT2D eigenvalue weighted by molar-refractivity contribution is -0.136. The molecular weight excluding hydrogens is 473 g/mol. The third kappa shape index (κ3) is 4.09. The number of halogens is 3. The van der Waals surface area contributed by atoms with Gasteiger partial charge in [-0.3, -0.25) is 0 Å². The van der Waals surface area contributed by atoms with Crippen molar-refractivity contribution in [3.63, 3.8) is 0 Å². The lowest BCUT2D eigenvalue weighted by atomic mass is 9.91. The van der Waals surface area contributed by atoms with Gasteiger partial charge in [0, 0.05) is 17.0 Å². The Morgan fingerprint density at radius 1 is 1.03 bits per heavy atom. The third-order valence-corrected chi connectivity index (χ3v) is 6.47. The molecule has 1 aliphatic carbocycles. The highest BCUT2D eigenvalue weighted by Gasteiger charge is 2.50. The molecule has 4 rings (SSSR count). The molecule has 0 aromatic heterocycles. The first-order valence-electron chi connectivity index (χ1n) is 10.1. The minimum Gasteiger partial charge on any atom is -0.478 e. The number of ether oxygens (including phenoxy) is 2. The van der Waals surface area contributed by atoms with Gasteiger partial charge in [0.15, 0.2) is 5.76 Å². The SMILES string of the molecule is COC(=O)C1=C(OS(=O)(=O)C(F)(F)F)c2ccccc2C2=CC1C=CC(C)(c1ccccc1)O2. The van der Waals surface area contributed by atoms with Gasteiger partial charge in [-0.1, -0.05) is 60.7 Å². The van der Waals surface area contributed by atoms with Crippen LogP contribution in [-0.4, -0.2) is 27.0 Å². The Labute approximate surface area is 194 Å². The lowest BCUT2D eigenvalue weighted by Gasteiger charge is -2.29. The second-order valence-electron chi connectivity index (χ2n) is 7.75. The van der Waals surface area contributed by atoms with Gasteiger partial charge in [0.25, 0.3) is 0 Å². The minimum absolute atomic E-state index is 0.0600. The van der Waals surface area contributed by atoms with Crippen LogP contribution < -0.4 is 0 Å². The van der Waals surface area contributed by atoms with Crippen molar-refractivity contribution in [2.45, 2.75) is 18.0 Å². The second kappa shape index (κ2) is 8.35. The number of alkyl halides is 3. The largest absolute Gasteiger partial charge is 0.534 e. The van der Waals surface area contributed by atoms with Gasteiger partial charge in [0.05, 0.1) is 12.7 Å². The van der Waals surface area contributed by atoms with Crippen molar-refractivity contribution in [2.75, 3.05) is 7.11 Å². The summed E-state index contributed by atoms with van der Waals surface area (Å²) in [5, 5.41) is 0. The highest BCUT2D eigenvalue weighted by molar-refractivity contribution is 7.87. The maximum absolute atomic E-state index is 13.2. The number of allylic oxidation sites excluding steroid dienone is 2. The first-order chi connectivity index (χ1) is 16.0. The van der Waals surface area contributed by atoms with Gasteiger partial charge in [0.1, 0.15) is 11.4 Å². The number of hydrogen-bond donors (Lipinski definition) is 0. The molecule has 2 aromatic carbocycles. The van der Waals surface area contributed by atoms with Gasteiger partial charge in [-0.2, -0.15) is 21.6 Å². The summed E-state index contributed by atoms with van der Waals surface area (Å²) in [5.74, 6) is -2.58. The van der Waals surface area contributed by atoms with Crippen molar-refractivity contribution in [3.05, 3.63) is 95.1 Å². The smallest absolute Gasteiger partial charge is 0.478 e. The highest BCUT2D eigenvalue weighted by Crippen LogP contribution is 2.45. The molecule has 0 amide bonds. The van der Waals surface area contributed by atoms with Crippen molar-refractivity contribution >= 4 is 27.6 Å².